The Bertz CT molecular complexity index is 1500. The summed E-state index contributed by atoms with van der Waals surface area (Å²) in [4.78, 5) is 39.0. The van der Waals surface area contributed by atoms with Crippen LogP contribution in [0.4, 0.5) is 10.5 Å². The predicted octanol–water partition coefficient (Wildman–Crippen LogP) is 4.04. The number of anilines is 1. The Morgan fingerprint density at radius 2 is 1.62 bits per heavy atom. The van der Waals surface area contributed by atoms with E-state index < -0.39 is 23.3 Å². The van der Waals surface area contributed by atoms with E-state index in [1.807, 2.05) is 24.3 Å². The van der Waals surface area contributed by atoms with Gasteiger partial charge in [-0.05, 0) is 51.1 Å². The third kappa shape index (κ3) is 5.00. The molecular weight excluding hydrogens is 514 g/mol. The van der Waals surface area contributed by atoms with Crippen LogP contribution in [0.25, 0.3) is 0 Å². The maximum absolute atomic E-state index is 12.9. The summed E-state index contributed by atoms with van der Waals surface area (Å²) in [5.74, 6) is 0.140. The van der Waals surface area contributed by atoms with Crippen molar-refractivity contribution in [2.45, 2.75) is 32.0 Å². The number of hydrogen-bond donors (Lipinski definition) is 3. The molecule has 3 aromatic rings. The Labute approximate surface area is 231 Å². The summed E-state index contributed by atoms with van der Waals surface area (Å²) >= 11 is 0. The number of carbonyl (C=O) groups is 3. The number of aromatic hydroxyl groups is 1. The zero-order chi connectivity index (χ0) is 28.7. The van der Waals surface area contributed by atoms with Crippen molar-refractivity contribution in [2.75, 3.05) is 31.6 Å². The average Bonchev–Trinajstić information content (AvgIpc) is 3.18. The number of benzene rings is 3. The number of hydrogen-bond acceptors (Lipinski definition) is 8. The minimum Gasteiger partial charge on any atom is -0.508 e. The average molecular weight is 546 g/mol. The van der Waals surface area contributed by atoms with Gasteiger partial charge in [0.25, 0.3) is 0 Å². The van der Waals surface area contributed by atoms with E-state index in [0.29, 0.717) is 39.4 Å². The molecule has 0 saturated heterocycles. The molecule has 10 heteroatoms. The van der Waals surface area contributed by atoms with Crippen molar-refractivity contribution < 1.29 is 33.7 Å². The van der Waals surface area contributed by atoms with Gasteiger partial charge in [-0.1, -0.05) is 18.2 Å². The fraction of sp³-hybridized carbons (Fsp3) is 0.300. The number of rotatable bonds is 6. The number of amides is 2. The second kappa shape index (κ2) is 10.1. The van der Waals surface area contributed by atoms with E-state index in [9.17, 15) is 19.5 Å². The minimum absolute atomic E-state index is 0.0149. The number of nitrogens with one attached hydrogen (secondary N) is 2. The number of phenols is 1. The van der Waals surface area contributed by atoms with Crippen molar-refractivity contribution in [3.05, 3.63) is 82.9 Å². The number of ether oxygens (including phenoxy) is 3. The molecule has 0 radical (unpaired) electrons. The molecule has 2 aliphatic rings. The van der Waals surface area contributed by atoms with Crippen LogP contribution in [-0.4, -0.2) is 55.4 Å². The number of alkyl carbamates (subject to hydrolysis) is 1. The Kier molecular flexibility index (Phi) is 6.79. The Morgan fingerprint density at radius 1 is 0.950 bits per heavy atom. The van der Waals surface area contributed by atoms with Gasteiger partial charge in [0, 0.05) is 54.6 Å². The van der Waals surface area contributed by atoms with Crippen molar-refractivity contribution in [1.29, 1.82) is 0 Å². The van der Waals surface area contributed by atoms with E-state index in [2.05, 4.69) is 10.6 Å². The molecule has 2 amide bonds. The van der Waals surface area contributed by atoms with Gasteiger partial charge >= 0.3 is 12.1 Å². The van der Waals surface area contributed by atoms with Crippen molar-refractivity contribution in [1.82, 2.24) is 10.6 Å². The highest BCUT2D eigenvalue weighted by Crippen LogP contribution is 2.56. The van der Waals surface area contributed by atoms with Gasteiger partial charge in [-0.2, -0.15) is 0 Å². The molecule has 208 valence electrons. The molecule has 1 unspecified atom stereocenters. The highest BCUT2D eigenvalue weighted by atomic mass is 16.6. The van der Waals surface area contributed by atoms with Crippen LogP contribution >= 0.6 is 0 Å². The maximum Gasteiger partial charge on any atom is 0.407 e. The molecular formula is C30H31N3O7. The maximum atomic E-state index is 12.9. The summed E-state index contributed by atoms with van der Waals surface area (Å²) in [6.07, 6.45) is -0.545. The normalized spacial score (nSPS) is 16.6. The molecule has 3 N–H and O–H groups in total. The summed E-state index contributed by atoms with van der Waals surface area (Å²) in [5, 5.41) is 15.5. The van der Waals surface area contributed by atoms with Gasteiger partial charge in [0.2, 0.25) is 5.91 Å². The molecule has 0 aliphatic carbocycles. The number of fused-ring (bicyclic) bond motifs is 6. The molecule has 2 heterocycles. The summed E-state index contributed by atoms with van der Waals surface area (Å²) < 4.78 is 17.5. The van der Waals surface area contributed by atoms with Crippen LogP contribution in [0.2, 0.25) is 0 Å². The van der Waals surface area contributed by atoms with Crippen molar-refractivity contribution in [3.8, 4) is 17.2 Å². The molecule has 0 aromatic heterocycles. The summed E-state index contributed by atoms with van der Waals surface area (Å²) in [7, 11) is 1.77. The predicted molar refractivity (Wildman–Crippen MR) is 147 cm³/mol. The molecule has 2 aliphatic heterocycles. The Hall–Kier alpha value is -4.73. The number of carbonyl (C=O) groups excluding carboxylic acids is 3. The van der Waals surface area contributed by atoms with Crippen LogP contribution in [0.3, 0.4) is 0 Å². The van der Waals surface area contributed by atoms with Gasteiger partial charge in [0.15, 0.2) is 5.60 Å². The topological polar surface area (TPSA) is 126 Å². The van der Waals surface area contributed by atoms with E-state index in [-0.39, 0.29) is 31.3 Å². The molecule has 0 bridgehead atoms. The van der Waals surface area contributed by atoms with Crippen LogP contribution in [-0.2, 0) is 19.9 Å². The van der Waals surface area contributed by atoms with Gasteiger partial charge in [-0.25, -0.2) is 9.59 Å². The highest BCUT2D eigenvalue weighted by molar-refractivity contribution is 5.97. The van der Waals surface area contributed by atoms with E-state index in [1.54, 1.807) is 57.0 Å². The lowest BCUT2D eigenvalue weighted by molar-refractivity contribution is -0.119. The lowest BCUT2D eigenvalue weighted by Gasteiger charge is -2.37. The first-order chi connectivity index (χ1) is 19.0. The second-order valence-corrected chi connectivity index (χ2v) is 10.7. The first-order valence-electron chi connectivity index (χ1n) is 12.9. The molecule has 3 aromatic carbocycles. The van der Waals surface area contributed by atoms with Crippen molar-refractivity contribution >= 4 is 23.7 Å². The fourth-order valence-electron chi connectivity index (χ4n) is 4.93. The largest absolute Gasteiger partial charge is 0.508 e. The fourth-order valence-corrected chi connectivity index (χ4v) is 4.93. The van der Waals surface area contributed by atoms with Gasteiger partial charge in [0.05, 0.1) is 12.1 Å². The van der Waals surface area contributed by atoms with Crippen molar-refractivity contribution in [3.63, 3.8) is 0 Å². The third-order valence-electron chi connectivity index (χ3n) is 6.62. The molecule has 1 atom stereocenters. The smallest absolute Gasteiger partial charge is 0.407 e. The molecule has 0 saturated carbocycles. The van der Waals surface area contributed by atoms with Crippen molar-refractivity contribution in [2.24, 2.45) is 0 Å². The zero-order valence-corrected chi connectivity index (χ0v) is 22.7. The SMILES string of the molecule is CN(CC(=O)NCCNC(=O)OC(C)(C)C)c1ccc2c(c1)Oc1cc(O)ccc1C21OC(=O)c2ccccc21. The first-order valence-corrected chi connectivity index (χ1v) is 12.9. The third-order valence-corrected chi connectivity index (χ3v) is 6.62. The number of likely N-dealkylation sites (N-methyl/N-ethyl adjacent to an activating group) is 1. The van der Waals surface area contributed by atoms with Crippen LogP contribution in [0.5, 0.6) is 17.2 Å². The number of esters is 1. The first kappa shape index (κ1) is 26.9. The Balaban J connectivity index is 1.34. The molecule has 40 heavy (non-hydrogen) atoms. The summed E-state index contributed by atoms with van der Waals surface area (Å²) in [5.41, 5.74) is 1.26. The van der Waals surface area contributed by atoms with Gasteiger partial charge < -0.3 is 34.9 Å². The standard InChI is InChI=1S/C30H31N3O7/c1-29(2,3)40-28(37)32-14-13-31-26(35)17-33(4)18-9-11-22-24(15-18)38-25-16-19(34)10-12-23(25)30(22)21-8-6-5-7-20(21)27(36)39-30/h5-12,15-16,34H,13-14,17H2,1-4H3,(H,31,35)(H,32,37). The molecule has 5 rings (SSSR count). The van der Waals surface area contributed by atoms with Gasteiger partial charge in [-0.15, -0.1) is 0 Å². The monoisotopic (exact) mass is 545 g/mol. The van der Waals surface area contributed by atoms with Crippen LogP contribution in [0, 0.1) is 0 Å². The summed E-state index contributed by atoms with van der Waals surface area (Å²) in [6.45, 7) is 5.84. The van der Waals surface area contributed by atoms with E-state index in [4.69, 9.17) is 14.2 Å². The van der Waals surface area contributed by atoms with E-state index in [0.717, 1.165) is 0 Å². The van der Waals surface area contributed by atoms with E-state index >= 15 is 0 Å². The van der Waals surface area contributed by atoms with Crippen LogP contribution < -0.4 is 20.3 Å². The molecule has 10 nitrogen and oxygen atoms in total. The number of nitrogens with zero attached hydrogens (tertiary/aromatic N) is 1. The van der Waals surface area contributed by atoms with Crippen LogP contribution in [0.15, 0.2) is 60.7 Å². The summed E-state index contributed by atoms with van der Waals surface area (Å²) in [6, 6.07) is 17.4. The molecule has 1 spiro atoms. The van der Waals surface area contributed by atoms with E-state index in [1.165, 1.54) is 12.1 Å². The quantitative estimate of drug-likeness (QED) is 0.313. The van der Waals surface area contributed by atoms with Crippen LogP contribution in [0.1, 0.15) is 47.8 Å². The van der Waals surface area contributed by atoms with Gasteiger partial charge in [0.1, 0.15) is 22.8 Å². The minimum atomic E-state index is -1.24. The highest BCUT2D eigenvalue weighted by Gasteiger charge is 2.53. The lowest BCUT2D eigenvalue weighted by Crippen LogP contribution is -2.40. The Morgan fingerprint density at radius 3 is 2.38 bits per heavy atom. The zero-order valence-electron chi connectivity index (χ0n) is 22.7. The number of phenolic OH excluding ortho intramolecular Hbond substituents is 1. The lowest BCUT2D eigenvalue weighted by atomic mass is 9.77. The second-order valence-electron chi connectivity index (χ2n) is 10.7. The molecule has 0 fully saturated rings. The van der Waals surface area contributed by atoms with Gasteiger partial charge in [-0.3, -0.25) is 4.79 Å².